The molecule has 0 saturated carbocycles. The number of hydrogen-bond donors (Lipinski definition) is 1. The molecule has 6 rings (SSSR count). The van der Waals surface area contributed by atoms with Crippen molar-refractivity contribution in [2.24, 2.45) is 0 Å². The van der Waals surface area contributed by atoms with Crippen LogP contribution in [0.5, 0.6) is 0 Å². The van der Waals surface area contributed by atoms with E-state index in [-0.39, 0.29) is 5.56 Å². The number of imidazole rings is 1. The van der Waals surface area contributed by atoms with Crippen LogP contribution < -0.4 is 5.56 Å². The molecule has 0 atom stereocenters. The molecule has 1 saturated heterocycles. The molecule has 1 aliphatic heterocycles. The average Bonchev–Trinajstić information content (AvgIpc) is 3.54. The average molecular weight is 458 g/mol. The van der Waals surface area contributed by atoms with Crippen molar-refractivity contribution in [1.29, 1.82) is 0 Å². The predicted molar refractivity (Wildman–Crippen MR) is 132 cm³/mol. The topological polar surface area (TPSA) is 76.0 Å². The Morgan fingerprint density at radius 3 is 2.61 bits per heavy atom. The largest absolute Gasteiger partial charge is 0.379 e. The van der Waals surface area contributed by atoms with Crippen LogP contribution in [-0.2, 0) is 11.3 Å². The smallest absolute Gasteiger partial charge is 0.261 e. The van der Waals surface area contributed by atoms with E-state index in [0.29, 0.717) is 17.4 Å². The first-order chi connectivity index (χ1) is 16.2. The van der Waals surface area contributed by atoms with E-state index < -0.39 is 0 Å². The number of fused-ring (bicyclic) bond motifs is 2. The molecule has 4 heterocycles. The van der Waals surface area contributed by atoms with E-state index in [0.717, 1.165) is 66.4 Å². The van der Waals surface area contributed by atoms with Crippen LogP contribution in [0, 0.1) is 0 Å². The first-order valence-corrected chi connectivity index (χ1v) is 12.0. The summed E-state index contributed by atoms with van der Waals surface area (Å²) in [5.41, 5.74) is 5.73. The van der Waals surface area contributed by atoms with E-state index in [2.05, 4.69) is 38.4 Å². The summed E-state index contributed by atoms with van der Waals surface area (Å²) in [5.74, 6) is 0.870. The van der Waals surface area contributed by atoms with Gasteiger partial charge in [-0.1, -0.05) is 12.1 Å². The van der Waals surface area contributed by atoms with Gasteiger partial charge in [-0.25, -0.2) is 9.97 Å². The second-order valence-corrected chi connectivity index (χ2v) is 9.04. The van der Waals surface area contributed by atoms with Crippen molar-refractivity contribution in [3.63, 3.8) is 0 Å². The molecule has 0 bridgehead atoms. The number of rotatable bonds is 5. The molecule has 0 aliphatic carbocycles. The Kier molecular flexibility index (Phi) is 5.26. The maximum atomic E-state index is 13.2. The molecule has 0 spiro atoms. The summed E-state index contributed by atoms with van der Waals surface area (Å²) in [6.07, 6.45) is 1.66. The molecule has 33 heavy (non-hydrogen) atoms. The fraction of sp³-hybridized carbons (Fsp3) is 0.240. The number of aromatic amines is 1. The van der Waals surface area contributed by atoms with Crippen LogP contribution in [0.4, 0.5) is 0 Å². The number of nitrogens with zero attached hydrogens (tertiary/aromatic N) is 4. The molecule has 8 heteroatoms. The molecule has 5 aromatic rings. The second-order valence-electron chi connectivity index (χ2n) is 8.26. The molecular formula is C25H23N5O2S. The predicted octanol–water partition coefficient (Wildman–Crippen LogP) is 4.00. The summed E-state index contributed by atoms with van der Waals surface area (Å²) in [6.45, 7) is 4.76. The zero-order valence-corrected chi connectivity index (χ0v) is 18.8. The van der Waals surface area contributed by atoms with Crippen molar-refractivity contribution in [3.05, 3.63) is 69.9 Å². The Morgan fingerprint density at radius 2 is 1.79 bits per heavy atom. The number of nitrogens with one attached hydrogen (secondary N) is 1. The van der Waals surface area contributed by atoms with Gasteiger partial charge in [0.1, 0.15) is 5.82 Å². The highest BCUT2D eigenvalue weighted by molar-refractivity contribution is 7.08. The fourth-order valence-corrected chi connectivity index (χ4v) is 4.94. The molecule has 1 fully saturated rings. The zero-order chi connectivity index (χ0) is 22.2. The quantitative estimate of drug-likeness (QED) is 0.432. The van der Waals surface area contributed by atoms with Crippen LogP contribution >= 0.6 is 11.3 Å². The monoisotopic (exact) mass is 457 g/mol. The Bertz CT molecular complexity index is 1480. The lowest BCUT2D eigenvalue weighted by molar-refractivity contribution is 0.0362. The van der Waals surface area contributed by atoms with Gasteiger partial charge in [0.25, 0.3) is 5.56 Å². The van der Waals surface area contributed by atoms with Crippen molar-refractivity contribution in [3.8, 4) is 22.5 Å². The lowest BCUT2D eigenvalue weighted by Gasteiger charge is -2.26. The number of hydrogen-bond acceptors (Lipinski definition) is 6. The number of thiophene rings is 1. The third kappa shape index (κ3) is 3.97. The number of H-pyrrole nitrogens is 1. The van der Waals surface area contributed by atoms with Crippen LogP contribution in [0.2, 0.25) is 0 Å². The Labute approximate surface area is 194 Å². The number of ether oxygens (including phenoxy) is 1. The highest BCUT2D eigenvalue weighted by atomic mass is 32.1. The maximum absolute atomic E-state index is 13.2. The minimum atomic E-state index is -0.00234. The van der Waals surface area contributed by atoms with E-state index in [1.54, 1.807) is 22.2 Å². The van der Waals surface area contributed by atoms with Gasteiger partial charge in [-0.3, -0.25) is 14.3 Å². The standard InChI is InChI=1S/C25H23N5O2S/c31-25-20-13-17(1-3-21(20)26-16-30(25)7-6-29-8-10-32-11-9-29)18-2-4-22-23(14-18)28-24(27-22)19-5-12-33-15-19/h1-5,12-16H,6-11H2,(H,27,28). The minimum Gasteiger partial charge on any atom is -0.379 e. The summed E-state index contributed by atoms with van der Waals surface area (Å²) in [7, 11) is 0. The van der Waals surface area contributed by atoms with Crippen LogP contribution in [0.1, 0.15) is 0 Å². The van der Waals surface area contributed by atoms with E-state index in [9.17, 15) is 4.79 Å². The summed E-state index contributed by atoms with van der Waals surface area (Å²) >= 11 is 1.65. The van der Waals surface area contributed by atoms with Crippen molar-refractivity contribution in [2.75, 3.05) is 32.8 Å². The van der Waals surface area contributed by atoms with Gasteiger partial charge in [0.2, 0.25) is 0 Å². The summed E-state index contributed by atoms with van der Waals surface area (Å²) in [5, 5.41) is 4.77. The molecule has 1 N–H and O–H groups in total. The number of morpholine rings is 1. The van der Waals surface area contributed by atoms with Crippen molar-refractivity contribution in [2.45, 2.75) is 6.54 Å². The molecule has 7 nitrogen and oxygen atoms in total. The van der Waals surface area contributed by atoms with Crippen LogP contribution in [0.25, 0.3) is 44.5 Å². The van der Waals surface area contributed by atoms with Crippen LogP contribution in [0.3, 0.4) is 0 Å². The molecule has 166 valence electrons. The van der Waals surface area contributed by atoms with Crippen LogP contribution in [0.15, 0.2) is 64.3 Å². The van der Waals surface area contributed by atoms with Crippen LogP contribution in [-0.4, -0.2) is 57.3 Å². The van der Waals surface area contributed by atoms with Crippen molar-refractivity contribution < 1.29 is 4.74 Å². The van der Waals surface area contributed by atoms with Gasteiger partial charge in [0.05, 0.1) is 41.5 Å². The van der Waals surface area contributed by atoms with E-state index in [1.807, 2.05) is 29.6 Å². The lowest BCUT2D eigenvalue weighted by atomic mass is 10.0. The lowest BCUT2D eigenvalue weighted by Crippen LogP contribution is -2.39. The van der Waals surface area contributed by atoms with Crippen molar-refractivity contribution in [1.82, 2.24) is 24.4 Å². The number of aromatic nitrogens is 4. The minimum absolute atomic E-state index is 0.00234. The van der Waals surface area contributed by atoms with Gasteiger partial charge in [-0.15, -0.1) is 0 Å². The molecule has 0 amide bonds. The van der Waals surface area contributed by atoms with Gasteiger partial charge in [-0.05, 0) is 46.8 Å². The fourth-order valence-electron chi connectivity index (χ4n) is 4.30. The SMILES string of the molecule is O=c1c2cc(-c3ccc4nc(-c5ccsc5)[nH]c4c3)ccc2ncn1CCN1CCOCC1. The Morgan fingerprint density at radius 1 is 0.970 bits per heavy atom. The number of benzene rings is 2. The maximum Gasteiger partial charge on any atom is 0.261 e. The highest BCUT2D eigenvalue weighted by Crippen LogP contribution is 2.28. The zero-order valence-electron chi connectivity index (χ0n) is 18.0. The van der Waals surface area contributed by atoms with E-state index in [4.69, 9.17) is 9.72 Å². The van der Waals surface area contributed by atoms with Gasteiger partial charge in [-0.2, -0.15) is 11.3 Å². The molecule has 0 radical (unpaired) electrons. The van der Waals surface area contributed by atoms with E-state index >= 15 is 0 Å². The van der Waals surface area contributed by atoms with E-state index in [1.165, 1.54) is 0 Å². The summed E-state index contributed by atoms with van der Waals surface area (Å²) in [4.78, 5) is 28.2. The third-order valence-electron chi connectivity index (χ3n) is 6.19. The molecule has 3 aromatic heterocycles. The van der Waals surface area contributed by atoms with Gasteiger partial charge < -0.3 is 9.72 Å². The summed E-state index contributed by atoms with van der Waals surface area (Å²) in [6, 6.07) is 14.1. The third-order valence-corrected chi connectivity index (χ3v) is 6.88. The normalized spacial score (nSPS) is 14.9. The van der Waals surface area contributed by atoms with Gasteiger partial charge >= 0.3 is 0 Å². The molecule has 2 aromatic carbocycles. The summed E-state index contributed by atoms with van der Waals surface area (Å²) < 4.78 is 7.12. The highest BCUT2D eigenvalue weighted by Gasteiger charge is 2.12. The van der Waals surface area contributed by atoms with Gasteiger partial charge in [0.15, 0.2) is 0 Å². The first-order valence-electron chi connectivity index (χ1n) is 11.1. The Balaban J connectivity index is 1.32. The molecule has 1 aliphatic rings. The molecule has 0 unspecified atom stereocenters. The Hall–Kier alpha value is -3.33. The molecular weight excluding hydrogens is 434 g/mol. The van der Waals surface area contributed by atoms with Crippen molar-refractivity contribution >= 4 is 33.3 Å². The second kappa shape index (κ2) is 8.55. The first kappa shape index (κ1) is 20.3. The van der Waals surface area contributed by atoms with Gasteiger partial charge in [0, 0.05) is 37.1 Å².